The number of hydrogen-bond acceptors (Lipinski definition) is 4. The van der Waals surface area contributed by atoms with Gasteiger partial charge in [-0.05, 0) is 36.0 Å². The zero-order valence-corrected chi connectivity index (χ0v) is 14.5. The highest BCUT2D eigenvalue weighted by atomic mass is 32.2. The van der Waals surface area contributed by atoms with Crippen LogP contribution >= 0.6 is 11.8 Å². The van der Waals surface area contributed by atoms with E-state index in [0.29, 0.717) is 10.1 Å². The number of fused-ring (bicyclic) bond motifs is 1. The lowest BCUT2D eigenvalue weighted by molar-refractivity contribution is -0.115. The highest BCUT2D eigenvalue weighted by Gasteiger charge is 2.24. The molecule has 6 heteroatoms. The second-order valence-corrected chi connectivity index (χ2v) is 6.74. The Labute approximate surface area is 154 Å². The number of rotatable bonds is 3. The summed E-state index contributed by atoms with van der Waals surface area (Å²) in [4.78, 5) is 17.3. The summed E-state index contributed by atoms with van der Waals surface area (Å²) < 4.78 is 1.89. The van der Waals surface area contributed by atoms with Gasteiger partial charge in [0.15, 0.2) is 5.17 Å². The first-order valence-electron chi connectivity index (χ1n) is 8.04. The molecule has 26 heavy (non-hydrogen) atoms. The lowest BCUT2D eigenvalue weighted by Gasteiger charge is -1.96. The molecular weight excluding hydrogens is 344 g/mol. The first-order valence-corrected chi connectivity index (χ1v) is 8.86. The SMILES string of the molecule is N#CCn1cc(/C=C2\SC(=Nc3ccccc3)NC2=O)c2ccccc21. The van der Waals surface area contributed by atoms with Gasteiger partial charge < -0.3 is 9.88 Å². The number of aliphatic imine (C=N–C) groups is 1. The molecule has 1 fully saturated rings. The molecule has 1 N–H and O–H groups in total. The van der Waals surface area contributed by atoms with Gasteiger partial charge in [0.2, 0.25) is 0 Å². The van der Waals surface area contributed by atoms with Gasteiger partial charge in [0.1, 0.15) is 6.54 Å². The summed E-state index contributed by atoms with van der Waals surface area (Å²) in [7, 11) is 0. The van der Waals surface area contributed by atoms with Crippen LogP contribution in [0, 0.1) is 11.3 Å². The molecule has 126 valence electrons. The van der Waals surface area contributed by atoms with Crippen molar-refractivity contribution in [2.24, 2.45) is 4.99 Å². The number of amides is 1. The van der Waals surface area contributed by atoms with Crippen LogP contribution in [0.2, 0.25) is 0 Å². The Balaban J connectivity index is 1.69. The van der Waals surface area contributed by atoms with E-state index < -0.39 is 0 Å². The van der Waals surface area contributed by atoms with Gasteiger partial charge in [-0.15, -0.1) is 0 Å². The fraction of sp³-hybridized carbons (Fsp3) is 0.0500. The quantitative estimate of drug-likeness (QED) is 0.718. The Kier molecular flexibility index (Phi) is 4.30. The summed E-state index contributed by atoms with van der Waals surface area (Å²) >= 11 is 1.32. The van der Waals surface area contributed by atoms with Crippen molar-refractivity contribution in [1.29, 1.82) is 5.26 Å². The summed E-state index contributed by atoms with van der Waals surface area (Å²) in [6, 6.07) is 19.5. The highest BCUT2D eigenvalue weighted by Crippen LogP contribution is 2.30. The molecule has 0 saturated carbocycles. The Morgan fingerprint density at radius 3 is 2.73 bits per heavy atom. The van der Waals surface area contributed by atoms with Crippen molar-refractivity contribution in [3.8, 4) is 6.07 Å². The molecule has 3 aromatic rings. The van der Waals surface area contributed by atoms with E-state index in [-0.39, 0.29) is 12.5 Å². The molecule has 0 aliphatic carbocycles. The molecule has 0 unspecified atom stereocenters. The van der Waals surface area contributed by atoms with Gasteiger partial charge in [-0.25, -0.2) is 4.99 Å². The Hall–Kier alpha value is -3.30. The van der Waals surface area contributed by atoms with Crippen molar-refractivity contribution < 1.29 is 4.79 Å². The molecular formula is C20H14N4OS. The minimum Gasteiger partial charge on any atom is -0.333 e. The lowest BCUT2D eigenvalue weighted by Crippen LogP contribution is -2.19. The maximum atomic E-state index is 12.3. The zero-order chi connectivity index (χ0) is 17.9. The molecule has 4 rings (SSSR count). The van der Waals surface area contributed by atoms with Crippen LogP contribution in [-0.4, -0.2) is 15.6 Å². The molecule has 1 aliphatic heterocycles. The standard InChI is InChI=1S/C20H14N4OS/c21-10-11-24-13-14(16-8-4-5-9-17(16)24)12-18-19(25)23-20(26-18)22-15-6-2-1-3-7-15/h1-9,12-13H,11H2,(H,22,23,25)/b18-12-. The first kappa shape index (κ1) is 16.2. The number of aromatic nitrogens is 1. The molecule has 0 radical (unpaired) electrons. The summed E-state index contributed by atoms with van der Waals surface area (Å²) in [5.74, 6) is -0.165. The number of hydrogen-bond donors (Lipinski definition) is 1. The Morgan fingerprint density at radius 2 is 1.92 bits per heavy atom. The zero-order valence-electron chi connectivity index (χ0n) is 13.7. The number of para-hydroxylation sites is 2. The maximum Gasteiger partial charge on any atom is 0.264 e. The summed E-state index contributed by atoms with van der Waals surface area (Å²) in [6.45, 7) is 0.268. The number of carbonyl (C=O) groups is 1. The minimum atomic E-state index is -0.165. The largest absolute Gasteiger partial charge is 0.333 e. The van der Waals surface area contributed by atoms with E-state index >= 15 is 0 Å². The van der Waals surface area contributed by atoms with Gasteiger partial charge in [0.25, 0.3) is 5.91 Å². The van der Waals surface area contributed by atoms with Crippen LogP contribution in [-0.2, 0) is 11.3 Å². The highest BCUT2D eigenvalue weighted by molar-refractivity contribution is 8.18. The van der Waals surface area contributed by atoms with Crippen LogP contribution in [0.25, 0.3) is 17.0 Å². The predicted molar refractivity (Wildman–Crippen MR) is 105 cm³/mol. The van der Waals surface area contributed by atoms with Crippen molar-refractivity contribution in [1.82, 2.24) is 9.88 Å². The summed E-state index contributed by atoms with van der Waals surface area (Å²) in [5, 5.41) is 13.4. The number of nitrogens with zero attached hydrogens (tertiary/aromatic N) is 3. The van der Waals surface area contributed by atoms with Crippen LogP contribution < -0.4 is 5.32 Å². The molecule has 0 bridgehead atoms. The van der Waals surface area contributed by atoms with Gasteiger partial charge >= 0.3 is 0 Å². The van der Waals surface area contributed by atoms with Crippen molar-refractivity contribution in [3.63, 3.8) is 0 Å². The Morgan fingerprint density at radius 1 is 1.15 bits per heavy atom. The third-order valence-corrected chi connectivity index (χ3v) is 4.89. The van der Waals surface area contributed by atoms with Crippen molar-refractivity contribution in [2.45, 2.75) is 6.54 Å². The molecule has 5 nitrogen and oxygen atoms in total. The van der Waals surface area contributed by atoms with Crippen molar-refractivity contribution in [3.05, 3.63) is 71.3 Å². The van der Waals surface area contributed by atoms with E-state index in [1.54, 1.807) is 0 Å². The summed E-state index contributed by atoms with van der Waals surface area (Å²) in [6.07, 6.45) is 3.75. The molecule has 1 amide bonds. The fourth-order valence-electron chi connectivity index (χ4n) is 2.84. The average molecular weight is 358 g/mol. The number of carbonyl (C=O) groups excluding carboxylic acids is 1. The maximum absolute atomic E-state index is 12.3. The molecule has 2 heterocycles. The van der Waals surface area contributed by atoms with Crippen LogP contribution in [0.15, 0.2) is 70.7 Å². The van der Waals surface area contributed by atoms with Gasteiger partial charge in [-0.1, -0.05) is 36.4 Å². The third kappa shape index (κ3) is 3.13. The molecule has 1 aromatic heterocycles. The van der Waals surface area contributed by atoms with E-state index in [0.717, 1.165) is 22.2 Å². The van der Waals surface area contributed by atoms with Gasteiger partial charge in [0, 0.05) is 22.7 Å². The summed E-state index contributed by atoms with van der Waals surface area (Å²) in [5.41, 5.74) is 2.68. The number of amidine groups is 1. The van der Waals surface area contributed by atoms with E-state index in [2.05, 4.69) is 16.4 Å². The van der Waals surface area contributed by atoms with E-state index in [4.69, 9.17) is 5.26 Å². The van der Waals surface area contributed by atoms with Crippen molar-refractivity contribution >= 4 is 45.5 Å². The van der Waals surface area contributed by atoms with Crippen molar-refractivity contribution in [2.75, 3.05) is 0 Å². The minimum absolute atomic E-state index is 0.165. The van der Waals surface area contributed by atoms with Gasteiger partial charge in [-0.2, -0.15) is 5.26 Å². The van der Waals surface area contributed by atoms with E-state index in [1.165, 1.54) is 11.8 Å². The predicted octanol–water partition coefficient (Wildman–Crippen LogP) is 4.06. The number of thioether (sulfide) groups is 1. The van der Waals surface area contributed by atoms with Gasteiger partial charge in [-0.3, -0.25) is 4.79 Å². The van der Waals surface area contributed by atoms with Crippen LogP contribution in [0.3, 0.4) is 0 Å². The molecule has 0 spiro atoms. The Bertz CT molecular complexity index is 1090. The van der Waals surface area contributed by atoms with E-state index in [9.17, 15) is 4.79 Å². The monoisotopic (exact) mass is 358 g/mol. The normalized spacial score (nSPS) is 17.0. The fourth-order valence-corrected chi connectivity index (χ4v) is 3.67. The van der Waals surface area contributed by atoms with Gasteiger partial charge in [0.05, 0.1) is 16.7 Å². The first-order chi connectivity index (χ1) is 12.7. The molecule has 0 atom stereocenters. The molecule has 1 aliphatic rings. The number of nitriles is 1. The number of nitrogens with one attached hydrogen (secondary N) is 1. The molecule has 1 saturated heterocycles. The second-order valence-electron chi connectivity index (χ2n) is 5.70. The third-order valence-electron chi connectivity index (χ3n) is 3.98. The average Bonchev–Trinajstić information content (AvgIpc) is 3.17. The topological polar surface area (TPSA) is 70.2 Å². The van der Waals surface area contributed by atoms with Crippen LogP contribution in [0.4, 0.5) is 5.69 Å². The van der Waals surface area contributed by atoms with Crippen LogP contribution in [0.5, 0.6) is 0 Å². The second kappa shape index (κ2) is 6.90. The number of benzene rings is 2. The smallest absolute Gasteiger partial charge is 0.264 e. The van der Waals surface area contributed by atoms with Crippen LogP contribution in [0.1, 0.15) is 5.56 Å². The molecule has 2 aromatic carbocycles. The lowest BCUT2D eigenvalue weighted by atomic mass is 10.1. The van der Waals surface area contributed by atoms with E-state index in [1.807, 2.05) is 71.4 Å².